The van der Waals surface area contributed by atoms with Gasteiger partial charge in [-0.3, -0.25) is 4.90 Å². The molecule has 4 heteroatoms. The molecule has 1 N–H and O–H groups in total. The highest BCUT2D eigenvalue weighted by atomic mass is 16.5. The Morgan fingerprint density at radius 3 is 2.74 bits per heavy atom. The molecule has 2 rings (SSSR count). The molecule has 108 valence electrons. The van der Waals surface area contributed by atoms with Gasteiger partial charge in [-0.25, -0.2) is 0 Å². The van der Waals surface area contributed by atoms with Gasteiger partial charge in [-0.2, -0.15) is 0 Å². The highest BCUT2D eigenvalue weighted by molar-refractivity contribution is 5.07. The van der Waals surface area contributed by atoms with Gasteiger partial charge in [0.2, 0.25) is 0 Å². The summed E-state index contributed by atoms with van der Waals surface area (Å²) in [4.78, 5) is 2.38. The predicted octanol–water partition coefficient (Wildman–Crippen LogP) is 1.78. The number of aliphatic hydroxyl groups excluding tert-OH is 1. The maximum absolute atomic E-state index is 10.1. The van der Waals surface area contributed by atoms with E-state index >= 15 is 0 Å². The maximum Gasteiger partial charge on any atom is 0.0900 e. The number of hydrogen-bond acceptors (Lipinski definition) is 3. The normalized spacial score (nSPS) is 17.4. The molecule has 0 aromatic carbocycles. The standard InChI is InChI=1S/C15H26N2O2/c1-12(2)19-11-15(18)10-17(13-6-7-13)9-14-5-4-8-16(14)3/h4-5,8,12-13,15,18H,6-7,9-11H2,1-3H3. The molecule has 0 aliphatic heterocycles. The van der Waals surface area contributed by atoms with Crippen molar-refractivity contribution < 1.29 is 9.84 Å². The molecule has 1 heterocycles. The minimum atomic E-state index is -0.400. The number of aliphatic hydroxyl groups is 1. The molecule has 1 aromatic heterocycles. The molecule has 0 radical (unpaired) electrons. The van der Waals surface area contributed by atoms with Crippen molar-refractivity contribution in [3.63, 3.8) is 0 Å². The fraction of sp³-hybridized carbons (Fsp3) is 0.733. The van der Waals surface area contributed by atoms with Gasteiger partial charge in [0.25, 0.3) is 0 Å². The Bertz CT molecular complexity index is 385. The first-order valence-corrected chi connectivity index (χ1v) is 7.20. The molecule has 1 atom stereocenters. The SMILES string of the molecule is CC(C)OCC(O)CN(Cc1cccn1C)C1CC1. The Labute approximate surface area is 116 Å². The van der Waals surface area contributed by atoms with Gasteiger partial charge in [-0.05, 0) is 38.8 Å². The van der Waals surface area contributed by atoms with Crippen LogP contribution in [0.2, 0.25) is 0 Å². The lowest BCUT2D eigenvalue weighted by Gasteiger charge is -2.25. The zero-order valence-corrected chi connectivity index (χ0v) is 12.2. The molecule has 19 heavy (non-hydrogen) atoms. The topological polar surface area (TPSA) is 37.6 Å². The Morgan fingerprint density at radius 1 is 1.47 bits per heavy atom. The first-order chi connectivity index (χ1) is 9.06. The Morgan fingerprint density at radius 2 is 2.21 bits per heavy atom. The van der Waals surface area contributed by atoms with Crippen molar-refractivity contribution >= 4 is 0 Å². The van der Waals surface area contributed by atoms with Gasteiger partial charge < -0.3 is 14.4 Å². The van der Waals surface area contributed by atoms with Crippen LogP contribution in [-0.4, -0.2) is 46.0 Å². The van der Waals surface area contributed by atoms with Crippen molar-refractivity contribution in [1.82, 2.24) is 9.47 Å². The van der Waals surface area contributed by atoms with Gasteiger partial charge >= 0.3 is 0 Å². The highest BCUT2D eigenvalue weighted by Gasteiger charge is 2.30. The molecule has 1 aromatic rings. The number of ether oxygens (including phenoxy) is 1. The summed E-state index contributed by atoms with van der Waals surface area (Å²) in [6.07, 6.45) is 4.35. The van der Waals surface area contributed by atoms with E-state index in [9.17, 15) is 5.11 Å². The zero-order chi connectivity index (χ0) is 13.8. The third-order valence-corrected chi connectivity index (χ3v) is 3.55. The van der Waals surface area contributed by atoms with E-state index in [1.807, 2.05) is 13.8 Å². The van der Waals surface area contributed by atoms with Crippen LogP contribution < -0.4 is 0 Å². The Kier molecular flexibility index (Phi) is 5.02. The van der Waals surface area contributed by atoms with Crippen LogP contribution in [0.25, 0.3) is 0 Å². The Balaban J connectivity index is 1.84. The minimum Gasteiger partial charge on any atom is -0.389 e. The fourth-order valence-electron chi connectivity index (χ4n) is 2.28. The van der Waals surface area contributed by atoms with E-state index < -0.39 is 6.10 Å². The van der Waals surface area contributed by atoms with Crippen LogP contribution >= 0.6 is 0 Å². The average Bonchev–Trinajstić information content (AvgIpc) is 3.12. The van der Waals surface area contributed by atoms with E-state index in [0.717, 1.165) is 6.54 Å². The summed E-state index contributed by atoms with van der Waals surface area (Å²) in [5.74, 6) is 0. The van der Waals surface area contributed by atoms with Crippen LogP contribution in [-0.2, 0) is 18.3 Å². The zero-order valence-electron chi connectivity index (χ0n) is 12.2. The summed E-state index contributed by atoms with van der Waals surface area (Å²) in [5, 5.41) is 10.1. The molecule has 0 amide bonds. The molecule has 4 nitrogen and oxygen atoms in total. The van der Waals surface area contributed by atoms with Gasteiger partial charge in [0.1, 0.15) is 0 Å². The summed E-state index contributed by atoms with van der Waals surface area (Å²) in [6, 6.07) is 4.86. The second kappa shape index (κ2) is 6.55. The molecular weight excluding hydrogens is 240 g/mol. The van der Waals surface area contributed by atoms with Gasteiger partial charge in [0.05, 0.1) is 18.8 Å². The van der Waals surface area contributed by atoms with E-state index in [1.54, 1.807) is 0 Å². The number of hydrogen-bond donors (Lipinski definition) is 1. The number of nitrogens with zero attached hydrogens (tertiary/aromatic N) is 2. The molecule has 1 fully saturated rings. The van der Waals surface area contributed by atoms with Crippen LogP contribution in [0.1, 0.15) is 32.4 Å². The number of rotatable bonds is 8. The monoisotopic (exact) mass is 266 g/mol. The van der Waals surface area contributed by atoms with E-state index in [-0.39, 0.29) is 6.10 Å². The second-order valence-corrected chi connectivity index (χ2v) is 5.81. The van der Waals surface area contributed by atoms with E-state index in [2.05, 4.69) is 34.8 Å². The largest absolute Gasteiger partial charge is 0.389 e. The third-order valence-electron chi connectivity index (χ3n) is 3.55. The third kappa shape index (κ3) is 4.64. The molecule has 0 spiro atoms. The predicted molar refractivity (Wildman–Crippen MR) is 75.9 cm³/mol. The van der Waals surface area contributed by atoms with E-state index in [0.29, 0.717) is 19.2 Å². The van der Waals surface area contributed by atoms with Crippen LogP contribution in [0, 0.1) is 0 Å². The summed E-state index contributed by atoms with van der Waals surface area (Å²) in [7, 11) is 2.07. The van der Waals surface area contributed by atoms with Gasteiger partial charge in [0, 0.05) is 38.1 Å². The molecule has 1 unspecified atom stereocenters. The van der Waals surface area contributed by atoms with Crippen molar-refractivity contribution in [3.05, 3.63) is 24.0 Å². The maximum atomic E-state index is 10.1. The van der Waals surface area contributed by atoms with Gasteiger partial charge in [0.15, 0.2) is 0 Å². The van der Waals surface area contributed by atoms with E-state index in [1.165, 1.54) is 18.5 Å². The average molecular weight is 266 g/mol. The molecule has 0 bridgehead atoms. The van der Waals surface area contributed by atoms with Gasteiger partial charge in [-0.15, -0.1) is 0 Å². The van der Waals surface area contributed by atoms with Crippen molar-refractivity contribution in [2.75, 3.05) is 13.2 Å². The molecule has 0 saturated heterocycles. The van der Waals surface area contributed by atoms with Crippen LogP contribution in [0.15, 0.2) is 18.3 Å². The smallest absolute Gasteiger partial charge is 0.0900 e. The first kappa shape index (κ1) is 14.6. The molecular formula is C15H26N2O2. The minimum absolute atomic E-state index is 0.178. The van der Waals surface area contributed by atoms with Crippen LogP contribution in [0.5, 0.6) is 0 Å². The summed E-state index contributed by atoms with van der Waals surface area (Å²) in [6.45, 7) is 6.02. The lowest BCUT2D eigenvalue weighted by atomic mass is 10.3. The van der Waals surface area contributed by atoms with Crippen molar-refractivity contribution in [2.45, 2.75) is 51.5 Å². The first-order valence-electron chi connectivity index (χ1n) is 7.20. The molecule has 1 aliphatic rings. The van der Waals surface area contributed by atoms with Gasteiger partial charge in [-0.1, -0.05) is 0 Å². The van der Waals surface area contributed by atoms with Crippen LogP contribution in [0.3, 0.4) is 0 Å². The van der Waals surface area contributed by atoms with Crippen molar-refractivity contribution in [1.29, 1.82) is 0 Å². The van der Waals surface area contributed by atoms with E-state index in [4.69, 9.17) is 4.74 Å². The van der Waals surface area contributed by atoms with Crippen molar-refractivity contribution in [2.24, 2.45) is 7.05 Å². The number of aromatic nitrogens is 1. The Hall–Kier alpha value is -0.840. The molecule has 1 saturated carbocycles. The van der Waals surface area contributed by atoms with Crippen LogP contribution in [0.4, 0.5) is 0 Å². The number of aryl methyl sites for hydroxylation is 1. The quantitative estimate of drug-likeness (QED) is 0.779. The van der Waals surface area contributed by atoms with Crippen molar-refractivity contribution in [3.8, 4) is 0 Å². The fourth-order valence-corrected chi connectivity index (χ4v) is 2.28. The summed E-state index contributed by atoms with van der Waals surface area (Å²) < 4.78 is 7.63. The summed E-state index contributed by atoms with van der Waals surface area (Å²) in [5.41, 5.74) is 1.30. The lowest BCUT2D eigenvalue weighted by molar-refractivity contribution is -0.0109. The highest BCUT2D eigenvalue weighted by Crippen LogP contribution is 2.28. The summed E-state index contributed by atoms with van der Waals surface area (Å²) >= 11 is 0. The lowest BCUT2D eigenvalue weighted by Crippen LogP contribution is -2.37. The second-order valence-electron chi connectivity index (χ2n) is 5.81. The molecule has 1 aliphatic carbocycles.